The molecule has 1 aromatic carbocycles. The molecular weight excluding hydrogens is 373 g/mol. The Morgan fingerprint density at radius 3 is 2.32 bits per heavy atom. The van der Waals surface area contributed by atoms with Crippen LogP contribution in [0.15, 0.2) is 24.3 Å². The van der Waals surface area contributed by atoms with Gasteiger partial charge in [0.1, 0.15) is 11.5 Å². The Morgan fingerprint density at radius 1 is 1.11 bits per heavy atom. The van der Waals surface area contributed by atoms with Crippen molar-refractivity contribution < 1.29 is 27.4 Å². The molecule has 0 aliphatic carbocycles. The Hall–Kier alpha value is -2.64. The molecule has 0 bridgehead atoms. The van der Waals surface area contributed by atoms with E-state index in [9.17, 15) is 13.2 Å². The van der Waals surface area contributed by atoms with Gasteiger partial charge in [0.15, 0.2) is 11.6 Å². The largest absolute Gasteiger partial charge is 0.573 e. The van der Waals surface area contributed by atoms with E-state index in [0.717, 1.165) is 18.4 Å². The van der Waals surface area contributed by atoms with E-state index < -0.39 is 6.36 Å². The molecule has 154 valence electrons. The lowest BCUT2D eigenvalue weighted by Crippen LogP contribution is -2.17. The maximum absolute atomic E-state index is 12.5. The molecular formula is C20H25F3N2O3. The van der Waals surface area contributed by atoms with Crippen LogP contribution in [0.2, 0.25) is 0 Å². The quantitative estimate of drug-likeness (QED) is 0.630. The summed E-state index contributed by atoms with van der Waals surface area (Å²) in [5, 5.41) is 3.02. The normalized spacial score (nSPS) is 11.5. The monoisotopic (exact) mass is 398 g/mol. The second-order valence-corrected chi connectivity index (χ2v) is 6.22. The van der Waals surface area contributed by atoms with Crippen LogP contribution in [0.25, 0.3) is 11.3 Å². The van der Waals surface area contributed by atoms with Gasteiger partial charge in [-0.2, -0.15) is 0 Å². The third-order valence-corrected chi connectivity index (χ3v) is 4.28. The molecule has 28 heavy (non-hydrogen) atoms. The fraction of sp³-hybridized carbons (Fsp3) is 0.450. The van der Waals surface area contributed by atoms with Gasteiger partial charge in [-0.3, -0.25) is 0 Å². The zero-order chi connectivity index (χ0) is 20.9. The molecule has 0 amide bonds. The van der Waals surface area contributed by atoms with Crippen molar-refractivity contribution in [3.8, 4) is 28.5 Å². The number of ether oxygens (including phenoxy) is 3. The third kappa shape index (κ3) is 5.21. The number of aromatic nitrogens is 1. The zero-order valence-corrected chi connectivity index (χ0v) is 16.6. The number of nitrogens with one attached hydrogen (secondary N) is 1. The molecule has 2 rings (SSSR count). The summed E-state index contributed by atoms with van der Waals surface area (Å²) in [7, 11) is 3.12. The van der Waals surface area contributed by atoms with Gasteiger partial charge in [0.2, 0.25) is 0 Å². The highest BCUT2D eigenvalue weighted by Crippen LogP contribution is 2.38. The minimum Gasteiger partial charge on any atom is -0.496 e. The number of benzene rings is 1. The maximum atomic E-state index is 12.5. The highest BCUT2D eigenvalue weighted by molar-refractivity contribution is 5.74. The zero-order valence-electron chi connectivity index (χ0n) is 16.6. The number of anilines is 1. The molecule has 1 aromatic heterocycles. The van der Waals surface area contributed by atoms with E-state index in [4.69, 9.17) is 9.47 Å². The molecule has 8 heteroatoms. The lowest BCUT2D eigenvalue weighted by molar-refractivity contribution is -0.274. The van der Waals surface area contributed by atoms with Crippen LogP contribution >= 0.6 is 0 Å². The fourth-order valence-electron chi connectivity index (χ4n) is 2.83. The first-order valence-electron chi connectivity index (χ1n) is 9.02. The molecule has 1 heterocycles. The second kappa shape index (κ2) is 9.03. The predicted molar refractivity (Wildman–Crippen MR) is 102 cm³/mol. The molecule has 0 saturated carbocycles. The van der Waals surface area contributed by atoms with E-state index in [1.54, 1.807) is 7.05 Å². The third-order valence-electron chi connectivity index (χ3n) is 4.28. The summed E-state index contributed by atoms with van der Waals surface area (Å²) in [6.07, 6.45) is -2.95. The van der Waals surface area contributed by atoms with Crippen molar-refractivity contribution in [2.24, 2.45) is 0 Å². The van der Waals surface area contributed by atoms with Gasteiger partial charge in [-0.15, -0.1) is 13.2 Å². The van der Waals surface area contributed by atoms with Crippen LogP contribution in [0.3, 0.4) is 0 Å². The summed E-state index contributed by atoms with van der Waals surface area (Å²) in [6, 6.07) is 5.79. The Morgan fingerprint density at radius 2 is 1.79 bits per heavy atom. The van der Waals surface area contributed by atoms with E-state index in [2.05, 4.69) is 28.9 Å². The van der Waals surface area contributed by atoms with E-state index in [0.29, 0.717) is 22.8 Å². The standard InChI is InChI=1S/C20H25F3N2O3/c1-6-13(7-2)27-17-10-12(3)18(25-19(17)24-4)15-9-8-14(11-16(15)26-5)28-20(21,22)23/h8-11,13H,6-7H2,1-5H3,(H,24,25). The Bertz CT molecular complexity index is 806. The van der Waals surface area contributed by atoms with Gasteiger partial charge >= 0.3 is 6.36 Å². The molecule has 0 fully saturated rings. The van der Waals surface area contributed by atoms with Crippen LogP contribution in [0, 0.1) is 6.92 Å². The van der Waals surface area contributed by atoms with Gasteiger partial charge < -0.3 is 19.5 Å². The van der Waals surface area contributed by atoms with Crippen molar-refractivity contribution >= 4 is 5.82 Å². The number of pyridine rings is 1. The second-order valence-electron chi connectivity index (χ2n) is 6.22. The van der Waals surface area contributed by atoms with Crippen molar-refractivity contribution in [3.63, 3.8) is 0 Å². The first-order valence-corrected chi connectivity index (χ1v) is 9.02. The highest BCUT2D eigenvalue weighted by Gasteiger charge is 2.31. The van der Waals surface area contributed by atoms with E-state index in [1.165, 1.54) is 25.3 Å². The van der Waals surface area contributed by atoms with Crippen LogP contribution in [0.4, 0.5) is 19.0 Å². The molecule has 0 saturated heterocycles. The SMILES string of the molecule is CCC(CC)Oc1cc(C)c(-c2ccc(OC(F)(F)F)cc2OC)nc1NC. The van der Waals surface area contributed by atoms with E-state index >= 15 is 0 Å². The molecule has 0 aliphatic heterocycles. The number of aryl methyl sites for hydroxylation is 1. The van der Waals surface area contributed by atoms with Crippen molar-refractivity contribution in [2.75, 3.05) is 19.5 Å². The van der Waals surface area contributed by atoms with Crippen molar-refractivity contribution in [1.29, 1.82) is 0 Å². The number of nitrogens with zero attached hydrogens (tertiary/aromatic N) is 1. The summed E-state index contributed by atoms with van der Waals surface area (Å²) in [4.78, 5) is 4.62. The number of hydrogen-bond donors (Lipinski definition) is 1. The van der Waals surface area contributed by atoms with Crippen LogP contribution < -0.4 is 19.5 Å². The molecule has 0 unspecified atom stereocenters. The number of rotatable bonds is 8. The Kier molecular flexibility index (Phi) is 6.99. The topological polar surface area (TPSA) is 52.6 Å². The summed E-state index contributed by atoms with van der Waals surface area (Å²) in [5.41, 5.74) is 1.94. The predicted octanol–water partition coefficient (Wildman–Crippen LogP) is 5.57. The lowest BCUT2D eigenvalue weighted by Gasteiger charge is -2.20. The molecule has 2 aromatic rings. The van der Waals surface area contributed by atoms with Gasteiger partial charge in [-0.25, -0.2) is 4.98 Å². The first kappa shape index (κ1) is 21.7. The lowest BCUT2D eigenvalue weighted by atomic mass is 10.0. The summed E-state index contributed by atoms with van der Waals surface area (Å²) < 4.78 is 52.7. The first-order chi connectivity index (χ1) is 13.2. The minimum absolute atomic E-state index is 0.0764. The van der Waals surface area contributed by atoms with E-state index in [1.807, 2.05) is 13.0 Å². The molecule has 5 nitrogen and oxygen atoms in total. The molecule has 0 spiro atoms. The summed E-state index contributed by atoms with van der Waals surface area (Å²) >= 11 is 0. The average molecular weight is 398 g/mol. The van der Waals surface area contributed by atoms with Crippen LogP contribution in [-0.4, -0.2) is 31.6 Å². The maximum Gasteiger partial charge on any atom is 0.573 e. The molecule has 0 radical (unpaired) electrons. The Labute approximate surface area is 162 Å². The minimum atomic E-state index is -4.77. The van der Waals surface area contributed by atoms with Crippen molar-refractivity contribution in [2.45, 2.75) is 46.1 Å². The summed E-state index contributed by atoms with van der Waals surface area (Å²) in [5.74, 6) is 1.06. The number of halogens is 3. The molecule has 0 atom stereocenters. The molecule has 0 aliphatic rings. The van der Waals surface area contributed by atoms with Crippen LogP contribution in [0.5, 0.6) is 17.2 Å². The summed E-state index contributed by atoms with van der Waals surface area (Å²) in [6.45, 7) is 5.97. The van der Waals surface area contributed by atoms with Gasteiger partial charge in [0.05, 0.1) is 18.9 Å². The number of methoxy groups -OCH3 is 1. The van der Waals surface area contributed by atoms with Crippen LogP contribution in [0.1, 0.15) is 32.3 Å². The average Bonchev–Trinajstić information content (AvgIpc) is 2.65. The number of alkyl halides is 3. The van der Waals surface area contributed by atoms with Gasteiger partial charge in [-0.05, 0) is 43.5 Å². The van der Waals surface area contributed by atoms with E-state index in [-0.39, 0.29) is 17.6 Å². The molecule has 1 N–H and O–H groups in total. The van der Waals surface area contributed by atoms with Crippen molar-refractivity contribution in [1.82, 2.24) is 4.98 Å². The highest BCUT2D eigenvalue weighted by atomic mass is 19.4. The van der Waals surface area contributed by atoms with Crippen molar-refractivity contribution in [3.05, 3.63) is 29.8 Å². The van der Waals surface area contributed by atoms with Gasteiger partial charge in [0.25, 0.3) is 0 Å². The van der Waals surface area contributed by atoms with Gasteiger partial charge in [0, 0.05) is 18.7 Å². The number of hydrogen-bond acceptors (Lipinski definition) is 5. The van der Waals surface area contributed by atoms with Gasteiger partial charge in [-0.1, -0.05) is 13.8 Å². The smallest absolute Gasteiger partial charge is 0.496 e. The fourth-order valence-corrected chi connectivity index (χ4v) is 2.83. The van der Waals surface area contributed by atoms with Crippen LogP contribution in [-0.2, 0) is 0 Å². The Balaban J connectivity index is 2.47.